The molecule has 0 amide bonds. The van der Waals surface area contributed by atoms with Gasteiger partial charge in [0.1, 0.15) is 5.75 Å². The minimum absolute atomic E-state index is 0.315. The van der Waals surface area contributed by atoms with Crippen LogP contribution in [0.1, 0.15) is 50.5 Å². The molecule has 0 aliphatic heterocycles. The van der Waals surface area contributed by atoms with Crippen LogP contribution < -0.4 is 0 Å². The van der Waals surface area contributed by atoms with Gasteiger partial charge in [-0.3, -0.25) is 4.99 Å². The third-order valence-electron chi connectivity index (χ3n) is 6.13. The molecule has 0 spiro atoms. The van der Waals surface area contributed by atoms with Crippen LogP contribution in [0.25, 0.3) is 0 Å². The third-order valence-corrected chi connectivity index (χ3v) is 6.62. The molecule has 1 aromatic carbocycles. The monoisotopic (exact) mass is 361 g/mol. The number of phenols is 1. The van der Waals surface area contributed by atoms with E-state index in [2.05, 4.69) is 15.9 Å². The van der Waals surface area contributed by atoms with Crippen molar-refractivity contribution < 1.29 is 5.11 Å². The Morgan fingerprint density at radius 3 is 2.55 bits per heavy atom. The second kappa shape index (κ2) is 5.67. The van der Waals surface area contributed by atoms with E-state index >= 15 is 0 Å². The highest BCUT2D eigenvalue weighted by molar-refractivity contribution is 9.10. The van der Waals surface area contributed by atoms with Crippen molar-refractivity contribution in [2.75, 3.05) is 6.54 Å². The van der Waals surface area contributed by atoms with E-state index < -0.39 is 0 Å². The van der Waals surface area contributed by atoms with Gasteiger partial charge in [0.15, 0.2) is 0 Å². The minimum Gasteiger partial charge on any atom is -0.507 e. The lowest BCUT2D eigenvalue weighted by molar-refractivity contribution is 0.0428. The van der Waals surface area contributed by atoms with Gasteiger partial charge in [0.2, 0.25) is 0 Å². The van der Waals surface area contributed by atoms with Gasteiger partial charge in [-0.2, -0.15) is 0 Å². The number of aromatic hydroxyl groups is 1. The lowest BCUT2D eigenvalue weighted by Gasteiger charge is -2.47. The summed E-state index contributed by atoms with van der Waals surface area (Å²) in [4.78, 5) is 4.77. The number of benzene rings is 1. The first-order chi connectivity index (χ1) is 10.6. The van der Waals surface area contributed by atoms with Gasteiger partial charge in [-0.15, -0.1) is 0 Å². The maximum Gasteiger partial charge on any atom is 0.124 e. The maximum atomic E-state index is 9.93. The zero-order valence-electron chi connectivity index (χ0n) is 13.0. The molecule has 0 radical (unpaired) electrons. The second-order valence-corrected chi connectivity index (χ2v) is 8.85. The molecule has 4 aliphatic carbocycles. The molecular weight excluding hydrogens is 338 g/mol. The van der Waals surface area contributed by atoms with E-state index in [9.17, 15) is 5.11 Å². The molecule has 4 fully saturated rings. The van der Waals surface area contributed by atoms with E-state index in [0.29, 0.717) is 11.2 Å². The molecular formula is C19H24BrNO. The Morgan fingerprint density at radius 1 is 1.14 bits per heavy atom. The molecule has 0 unspecified atom stereocenters. The molecule has 0 saturated heterocycles. The SMILES string of the molecule is Oc1ccc(Br)cc1C=NCC12CC3C[C@@H](CC[C@H](C3)C1)C2. The van der Waals surface area contributed by atoms with E-state index in [1.165, 1.54) is 44.9 Å². The summed E-state index contributed by atoms with van der Waals surface area (Å²) in [5.41, 5.74) is 1.28. The molecule has 1 N–H and O–H groups in total. The molecule has 4 saturated carbocycles. The van der Waals surface area contributed by atoms with Crippen LogP contribution in [0.15, 0.2) is 27.7 Å². The second-order valence-electron chi connectivity index (χ2n) is 7.93. The number of aliphatic imine (C=N–C) groups is 1. The molecule has 1 aromatic rings. The number of phenolic OH excluding ortho intramolecular Hbond substituents is 1. The summed E-state index contributed by atoms with van der Waals surface area (Å²) in [5, 5.41) is 9.93. The van der Waals surface area contributed by atoms with Gasteiger partial charge >= 0.3 is 0 Å². The van der Waals surface area contributed by atoms with Gasteiger partial charge in [-0.25, -0.2) is 0 Å². The number of fused-ring (bicyclic) bond motifs is 1. The number of rotatable bonds is 3. The van der Waals surface area contributed by atoms with Crippen LogP contribution in [-0.2, 0) is 0 Å². The zero-order valence-corrected chi connectivity index (χ0v) is 14.6. The smallest absolute Gasteiger partial charge is 0.124 e. The highest BCUT2D eigenvalue weighted by atomic mass is 79.9. The lowest BCUT2D eigenvalue weighted by atomic mass is 9.58. The van der Waals surface area contributed by atoms with Crippen LogP contribution >= 0.6 is 15.9 Å². The molecule has 4 bridgehead atoms. The first-order valence-electron chi connectivity index (χ1n) is 8.60. The minimum atomic E-state index is 0.315. The first-order valence-corrected chi connectivity index (χ1v) is 9.40. The summed E-state index contributed by atoms with van der Waals surface area (Å²) in [6.45, 7) is 0.947. The number of halogens is 1. The standard InChI is InChI=1S/C19H24BrNO/c20-17-3-4-18(22)16(7-17)11-21-12-19-8-13-1-2-14(9-19)6-15(5-13)10-19/h3-4,7,11,13-15,22H,1-2,5-6,8-10,12H2/t13-,14-,15?,19?/m1/s1. The summed E-state index contributed by atoms with van der Waals surface area (Å²) >= 11 is 3.46. The lowest BCUT2D eigenvalue weighted by Crippen LogP contribution is -2.39. The Kier molecular flexibility index (Phi) is 3.80. The van der Waals surface area contributed by atoms with E-state index in [1.54, 1.807) is 6.07 Å². The fourth-order valence-electron chi connectivity index (χ4n) is 5.53. The van der Waals surface area contributed by atoms with Crippen molar-refractivity contribution >= 4 is 22.1 Å². The van der Waals surface area contributed by atoms with Crippen molar-refractivity contribution in [1.82, 2.24) is 0 Å². The average Bonchev–Trinajstić information content (AvgIpc) is 2.68. The molecule has 4 aliphatic rings. The Bertz CT molecular complexity index is 581. The summed E-state index contributed by atoms with van der Waals surface area (Å²) in [6.07, 6.45) is 11.9. The van der Waals surface area contributed by atoms with Crippen molar-refractivity contribution in [2.45, 2.75) is 44.9 Å². The average molecular weight is 362 g/mol. The fraction of sp³-hybridized carbons (Fsp3) is 0.632. The summed E-state index contributed by atoms with van der Waals surface area (Å²) < 4.78 is 0.985. The van der Waals surface area contributed by atoms with Crippen molar-refractivity contribution in [3.05, 3.63) is 28.2 Å². The summed E-state index contributed by atoms with van der Waals surface area (Å²) in [5.74, 6) is 3.20. The van der Waals surface area contributed by atoms with Crippen LogP contribution in [-0.4, -0.2) is 17.9 Å². The highest BCUT2D eigenvalue weighted by Crippen LogP contribution is 2.57. The largest absolute Gasteiger partial charge is 0.507 e. The van der Waals surface area contributed by atoms with Gasteiger partial charge in [0, 0.05) is 22.8 Å². The Hall–Kier alpha value is -0.830. The predicted octanol–water partition coefficient (Wildman–Crippen LogP) is 5.18. The Morgan fingerprint density at radius 2 is 1.82 bits per heavy atom. The molecule has 118 valence electrons. The van der Waals surface area contributed by atoms with Gasteiger partial charge in [-0.05, 0) is 73.5 Å². The molecule has 2 atom stereocenters. The van der Waals surface area contributed by atoms with Crippen LogP contribution in [0.2, 0.25) is 0 Å². The number of hydrogen-bond donors (Lipinski definition) is 1. The van der Waals surface area contributed by atoms with Gasteiger partial charge in [-0.1, -0.05) is 28.8 Å². The quantitative estimate of drug-likeness (QED) is 0.739. The molecule has 3 heteroatoms. The van der Waals surface area contributed by atoms with Crippen LogP contribution in [0, 0.1) is 23.2 Å². The molecule has 0 heterocycles. The van der Waals surface area contributed by atoms with E-state index in [0.717, 1.165) is 34.3 Å². The zero-order chi connectivity index (χ0) is 15.2. The van der Waals surface area contributed by atoms with Crippen molar-refractivity contribution in [3.63, 3.8) is 0 Å². The number of nitrogens with zero attached hydrogens (tertiary/aromatic N) is 1. The molecule has 5 rings (SSSR count). The highest BCUT2D eigenvalue weighted by Gasteiger charge is 2.48. The summed E-state index contributed by atoms with van der Waals surface area (Å²) in [7, 11) is 0. The molecule has 0 aromatic heterocycles. The molecule has 2 nitrogen and oxygen atoms in total. The molecule has 22 heavy (non-hydrogen) atoms. The third kappa shape index (κ3) is 2.84. The van der Waals surface area contributed by atoms with Gasteiger partial charge < -0.3 is 5.11 Å². The van der Waals surface area contributed by atoms with E-state index in [-0.39, 0.29) is 0 Å². The topological polar surface area (TPSA) is 32.6 Å². The van der Waals surface area contributed by atoms with Crippen LogP contribution in [0.4, 0.5) is 0 Å². The van der Waals surface area contributed by atoms with Crippen LogP contribution in [0.3, 0.4) is 0 Å². The fourth-order valence-corrected chi connectivity index (χ4v) is 5.91. The van der Waals surface area contributed by atoms with Crippen molar-refractivity contribution in [1.29, 1.82) is 0 Å². The predicted molar refractivity (Wildman–Crippen MR) is 93.5 cm³/mol. The Balaban J connectivity index is 1.51. The van der Waals surface area contributed by atoms with E-state index in [1.807, 2.05) is 18.3 Å². The number of hydrogen-bond acceptors (Lipinski definition) is 2. The van der Waals surface area contributed by atoms with E-state index in [4.69, 9.17) is 4.99 Å². The maximum absolute atomic E-state index is 9.93. The van der Waals surface area contributed by atoms with Crippen molar-refractivity contribution in [3.8, 4) is 5.75 Å². The van der Waals surface area contributed by atoms with Gasteiger partial charge in [0.25, 0.3) is 0 Å². The summed E-state index contributed by atoms with van der Waals surface area (Å²) in [6, 6.07) is 5.52. The normalized spacial score (nSPS) is 36.9. The van der Waals surface area contributed by atoms with Crippen LogP contribution in [0.5, 0.6) is 5.75 Å². The Labute approximate surface area is 141 Å². The van der Waals surface area contributed by atoms with Crippen molar-refractivity contribution in [2.24, 2.45) is 28.2 Å². The first kappa shape index (κ1) is 14.7. The van der Waals surface area contributed by atoms with Gasteiger partial charge in [0.05, 0.1) is 0 Å².